The van der Waals surface area contributed by atoms with Crippen molar-refractivity contribution in [2.75, 3.05) is 24.9 Å². The van der Waals surface area contributed by atoms with E-state index in [0.717, 1.165) is 0 Å². The number of alkyl halides is 3. The van der Waals surface area contributed by atoms with Gasteiger partial charge in [0.05, 0.1) is 12.6 Å². The van der Waals surface area contributed by atoms with Crippen molar-refractivity contribution in [2.45, 2.75) is 43.9 Å². The van der Waals surface area contributed by atoms with Gasteiger partial charge in [-0.3, -0.25) is 0 Å². The minimum absolute atomic E-state index is 0.170. The summed E-state index contributed by atoms with van der Waals surface area (Å²) in [5, 5.41) is 11.8. The lowest BCUT2D eigenvalue weighted by Crippen LogP contribution is -2.62. The largest absolute Gasteiger partial charge is 0.573 e. The van der Waals surface area contributed by atoms with E-state index in [2.05, 4.69) is 14.7 Å². The Kier molecular flexibility index (Phi) is 7.03. The number of nitrogen functional groups attached to an aromatic ring is 1. The van der Waals surface area contributed by atoms with E-state index in [-0.39, 0.29) is 12.3 Å². The number of nitrogens with one attached hydrogen (secondary N) is 1. The second-order valence-electron chi connectivity index (χ2n) is 8.48. The Morgan fingerprint density at radius 1 is 1.19 bits per heavy atom. The minimum Gasteiger partial charge on any atom is -0.479 e. The summed E-state index contributed by atoms with van der Waals surface area (Å²) in [6.07, 6.45) is -3.78. The number of imidazole rings is 1. The molecule has 1 aromatic heterocycles. The number of aliphatic hydroxyl groups excluding tert-OH is 1. The van der Waals surface area contributed by atoms with Crippen molar-refractivity contribution in [3.05, 3.63) is 66.2 Å². The average molecular weight is 508 g/mol. The lowest BCUT2D eigenvalue weighted by molar-refractivity contribution is -0.274. The van der Waals surface area contributed by atoms with Crippen LogP contribution in [0.15, 0.2) is 54.9 Å². The average Bonchev–Trinajstić information content (AvgIpc) is 3.33. The molecular formula is C24H27F3N4O5. The first-order valence-electron chi connectivity index (χ1n) is 11.0. The molecule has 0 unspecified atom stereocenters. The number of anilines is 2. The van der Waals surface area contributed by atoms with E-state index in [9.17, 15) is 18.3 Å². The smallest absolute Gasteiger partial charge is 0.479 e. The predicted octanol–water partition coefficient (Wildman–Crippen LogP) is 3.77. The first-order valence-corrected chi connectivity index (χ1v) is 11.0. The molecule has 0 aliphatic carbocycles. The number of aliphatic hydroxyl groups is 1. The maximum absolute atomic E-state index is 12.7. The number of aromatic amines is 1. The number of aromatic nitrogens is 2. The highest BCUT2D eigenvalue weighted by molar-refractivity contribution is 5.57. The van der Waals surface area contributed by atoms with Gasteiger partial charge >= 0.3 is 6.36 Å². The zero-order chi connectivity index (χ0) is 26.1. The third kappa shape index (κ3) is 5.06. The van der Waals surface area contributed by atoms with Crippen molar-refractivity contribution in [1.82, 2.24) is 9.97 Å². The molecule has 9 nitrogen and oxygen atoms in total. The summed E-state index contributed by atoms with van der Waals surface area (Å²) in [4.78, 5) is 9.10. The molecule has 1 aliphatic rings. The monoisotopic (exact) mass is 508 g/mol. The fourth-order valence-electron chi connectivity index (χ4n) is 4.50. The summed E-state index contributed by atoms with van der Waals surface area (Å²) in [7, 11) is 2.87. The van der Waals surface area contributed by atoms with Crippen LogP contribution in [-0.2, 0) is 16.0 Å². The minimum atomic E-state index is -4.82. The Bertz CT molecular complexity index is 1160. The van der Waals surface area contributed by atoms with Gasteiger partial charge < -0.3 is 39.7 Å². The number of hydrogen-bond acceptors (Lipinski definition) is 8. The van der Waals surface area contributed by atoms with Gasteiger partial charge in [-0.15, -0.1) is 13.2 Å². The van der Waals surface area contributed by atoms with Gasteiger partial charge in [0, 0.05) is 43.6 Å². The third-order valence-corrected chi connectivity index (χ3v) is 6.08. The fourth-order valence-corrected chi connectivity index (χ4v) is 4.50. The molecule has 0 amide bonds. The highest BCUT2D eigenvalue weighted by atomic mass is 19.4. The van der Waals surface area contributed by atoms with E-state index in [4.69, 9.17) is 19.9 Å². The Balaban J connectivity index is 1.84. The summed E-state index contributed by atoms with van der Waals surface area (Å²) in [5.74, 6) is 0.638. The first kappa shape index (κ1) is 25.6. The fraction of sp³-hybridized carbons (Fsp3) is 0.375. The number of fused-ring (bicyclic) bond motifs is 1. The highest BCUT2D eigenvalue weighted by Gasteiger charge is 2.54. The number of benzene rings is 2. The van der Waals surface area contributed by atoms with E-state index in [1.165, 1.54) is 38.5 Å². The van der Waals surface area contributed by atoms with Crippen LogP contribution in [0.5, 0.6) is 11.5 Å². The molecule has 0 saturated heterocycles. The highest BCUT2D eigenvalue weighted by Crippen LogP contribution is 2.47. The van der Waals surface area contributed by atoms with Gasteiger partial charge in [0.1, 0.15) is 23.4 Å². The van der Waals surface area contributed by atoms with Crippen molar-refractivity contribution < 1.29 is 37.2 Å². The van der Waals surface area contributed by atoms with E-state index in [1.807, 2.05) is 0 Å². The number of H-pyrrole nitrogens is 1. The van der Waals surface area contributed by atoms with Crippen LogP contribution in [-0.4, -0.2) is 53.7 Å². The zero-order valence-electron chi connectivity index (χ0n) is 19.8. The van der Waals surface area contributed by atoms with Crippen LogP contribution < -0.4 is 20.1 Å². The lowest BCUT2D eigenvalue weighted by Gasteiger charge is -2.50. The Labute approximate surface area is 205 Å². The molecule has 36 heavy (non-hydrogen) atoms. The molecule has 3 aromatic rings. The van der Waals surface area contributed by atoms with Crippen molar-refractivity contribution in [1.29, 1.82) is 0 Å². The van der Waals surface area contributed by atoms with Crippen LogP contribution in [0, 0.1) is 0 Å². The molecule has 3 atom stereocenters. The molecule has 4 rings (SSSR count). The molecule has 0 fully saturated rings. The van der Waals surface area contributed by atoms with E-state index < -0.39 is 30.4 Å². The number of rotatable bonds is 8. The third-order valence-electron chi connectivity index (χ3n) is 6.08. The van der Waals surface area contributed by atoms with Gasteiger partial charge in [0.15, 0.2) is 11.9 Å². The number of methoxy groups -OCH3 is 2. The van der Waals surface area contributed by atoms with Crippen LogP contribution in [0.25, 0.3) is 0 Å². The molecule has 194 valence electrons. The van der Waals surface area contributed by atoms with Crippen LogP contribution in [0.3, 0.4) is 0 Å². The van der Waals surface area contributed by atoms with Crippen LogP contribution in [0.4, 0.5) is 24.5 Å². The van der Waals surface area contributed by atoms with E-state index in [1.54, 1.807) is 42.4 Å². The Morgan fingerprint density at radius 3 is 2.47 bits per heavy atom. The zero-order valence-corrected chi connectivity index (χ0v) is 19.8. The molecule has 0 spiro atoms. The van der Waals surface area contributed by atoms with Gasteiger partial charge in [0.2, 0.25) is 0 Å². The SMILES string of the molecule is COC(OC)[C@]1(C)Oc2ccc(N)cc2[C@H](N(Cc2ncc[nH]2)c2ccc(OC(F)(F)F)cc2)[C@H]1O. The van der Waals surface area contributed by atoms with E-state index in [0.29, 0.717) is 28.5 Å². The van der Waals surface area contributed by atoms with Crippen molar-refractivity contribution in [3.8, 4) is 11.5 Å². The van der Waals surface area contributed by atoms with Crippen LogP contribution >= 0.6 is 0 Å². The molecule has 0 radical (unpaired) electrons. The Hall–Kier alpha value is -3.48. The van der Waals surface area contributed by atoms with Crippen LogP contribution in [0.2, 0.25) is 0 Å². The summed E-state index contributed by atoms with van der Waals surface area (Å²) >= 11 is 0. The number of ether oxygens (including phenoxy) is 4. The number of nitrogens with two attached hydrogens (primary N) is 1. The molecule has 2 aromatic carbocycles. The van der Waals surface area contributed by atoms with Crippen LogP contribution in [0.1, 0.15) is 24.4 Å². The topological polar surface area (TPSA) is 115 Å². The van der Waals surface area contributed by atoms with Gasteiger partial charge in [-0.2, -0.15) is 0 Å². The molecule has 0 saturated carbocycles. The summed E-state index contributed by atoms with van der Waals surface area (Å²) in [6.45, 7) is 1.83. The summed E-state index contributed by atoms with van der Waals surface area (Å²) in [6, 6.07) is 9.62. The summed E-state index contributed by atoms with van der Waals surface area (Å²) in [5.41, 5.74) is 6.23. The molecular weight excluding hydrogens is 481 g/mol. The van der Waals surface area contributed by atoms with E-state index >= 15 is 0 Å². The van der Waals surface area contributed by atoms with Gasteiger partial charge in [-0.1, -0.05) is 0 Å². The normalized spacial score (nSPS) is 21.7. The number of hydrogen-bond donors (Lipinski definition) is 3. The van der Waals surface area contributed by atoms with Crippen molar-refractivity contribution in [3.63, 3.8) is 0 Å². The Morgan fingerprint density at radius 2 is 1.89 bits per heavy atom. The molecule has 4 N–H and O–H groups in total. The maximum Gasteiger partial charge on any atom is 0.573 e. The van der Waals surface area contributed by atoms with Crippen molar-refractivity contribution >= 4 is 11.4 Å². The second kappa shape index (κ2) is 9.88. The lowest BCUT2D eigenvalue weighted by atomic mass is 9.83. The van der Waals surface area contributed by atoms with Gasteiger partial charge in [0.25, 0.3) is 0 Å². The quantitative estimate of drug-likeness (QED) is 0.311. The standard InChI is InChI=1S/C24H27F3N4O5/c1-23(22(33-2)34-3)21(32)20(17-12-14(28)4-9-18(17)36-23)31(13-19-29-10-11-30-19)15-5-7-16(8-6-15)35-24(25,26)27/h4-12,20-22,32H,13,28H2,1-3H3,(H,29,30)/t20-,21+,23+/m0/s1. The van der Waals surface area contributed by atoms with Gasteiger partial charge in [-0.05, 0) is 49.4 Å². The summed E-state index contributed by atoms with van der Waals surface area (Å²) < 4.78 is 59.2. The molecule has 0 bridgehead atoms. The maximum atomic E-state index is 12.7. The number of halogens is 3. The van der Waals surface area contributed by atoms with Gasteiger partial charge in [-0.25, -0.2) is 4.98 Å². The molecule has 2 heterocycles. The molecule has 1 aliphatic heterocycles. The number of nitrogens with zero attached hydrogens (tertiary/aromatic N) is 2. The predicted molar refractivity (Wildman–Crippen MR) is 124 cm³/mol. The van der Waals surface area contributed by atoms with Crippen molar-refractivity contribution in [2.24, 2.45) is 0 Å². The second-order valence-corrected chi connectivity index (χ2v) is 8.48. The molecule has 12 heteroatoms. The first-order chi connectivity index (χ1) is 17.1.